The SMILES string of the molecule is CCNCCCC(CC)c1ccc2c(OC)c(O)c(=O)[nH]c2c1. The fourth-order valence-corrected chi connectivity index (χ4v) is 2.99. The van der Waals surface area contributed by atoms with E-state index in [1.165, 1.54) is 12.7 Å². The minimum Gasteiger partial charge on any atom is -0.500 e. The number of nitrogens with one attached hydrogen (secondary N) is 2. The first-order valence-electron chi connectivity index (χ1n) is 8.25. The Kier molecular flexibility index (Phi) is 6.04. The molecule has 1 unspecified atom stereocenters. The van der Waals surface area contributed by atoms with Crippen LogP contribution in [-0.4, -0.2) is 30.3 Å². The first kappa shape index (κ1) is 17.3. The Bertz CT molecular complexity index is 709. The van der Waals surface area contributed by atoms with E-state index >= 15 is 0 Å². The number of methoxy groups -OCH3 is 1. The van der Waals surface area contributed by atoms with Gasteiger partial charge in [-0.15, -0.1) is 0 Å². The minimum atomic E-state index is -0.522. The summed E-state index contributed by atoms with van der Waals surface area (Å²) >= 11 is 0. The molecule has 2 rings (SSSR count). The molecule has 5 heteroatoms. The number of aromatic nitrogens is 1. The molecule has 23 heavy (non-hydrogen) atoms. The van der Waals surface area contributed by atoms with E-state index in [2.05, 4.69) is 30.2 Å². The number of benzene rings is 1. The Morgan fingerprint density at radius 3 is 2.78 bits per heavy atom. The maximum absolute atomic E-state index is 11.8. The fraction of sp³-hybridized carbons (Fsp3) is 0.500. The van der Waals surface area contributed by atoms with Crippen molar-refractivity contribution in [3.63, 3.8) is 0 Å². The van der Waals surface area contributed by atoms with Crippen LogP contribution in [-0.2, 0) is 0 Å². The second-order valence-electron chi connectivity index (χ2n) is 5.74. The van der Waals surface area contributed by atoms with Crippen LogP contribution in [0.1, 0.15) is 44.6 Å². The zero-order valence-electron chi connectivity index (χ0n) is 14.1. The van der Waals surface area contributed by atoms with Gasteiger partial charge in [-0.2, -0.15) is 0 Å². The van der Waals surface area contributed by atoms with Crippen LogP contribution >= 0.6 is 0 Å². The largest absolute Gasteiger partial charge is 0.500 e. The Morgan fingerprint density at radius 1 is 1.35 bits per heavy atom. The van der Waals surface area contributed by atoms with E-state index in [4.69, 9.17) is 4.74 Å². The van der Waals surface area contributed by atoms with Gasteiger partial charge in [-0.25, -0.2) is 0 Å². The Morgan fingerprint density at radius 2 is 2.13 bits per heavy atom. The third kappa shape index (κ3) is 3.85. The number of hydrogen-bond acceptors (Lipinski definition) is 4. The minimum absolute atomic E-state index is 0.232. The Hall–Kier alpha value is -2.01. The molecule has 126 valence electrons. The molecule has 1 atom stereocenters. The molecule has 3 N–H and O–H groups in total. The molecule has 0 saturated heterocycles. The van der Waals surface area contributed by atoms with Gasteiger partial charge >= 0.3 is 0 Å². The normalized spacial score (nSPS) is 12.5. The van der Waals surface area contributed by atoms with Crippen LogP contribution in [0.15, 0.2) is 23.0 Å². The second-order valence-corrected chi connectivity index (χ2v) is 5.74. The molecule has 1 aromatic heterocycles. The fourth-order valence-electron chi connectivity index (χ4n) is 2.99. The van der Waals surface area contributed by atoms with E-state index in [-0.39, 0.29) is 11.5 Å². The highest BCUT2D eigenvalue weighted by atomic mass is 16.5. The van der Waals surface area contributed by atoms with Crippen molar-refractivity contribution in [1.29, 1.82) is 0 Å². The molecule has 0 fully saturated rings. The summed E-state index contributed by atoms with van der Waals surface area (Å²) in [6, 6.07) is 5.97. The van der Waals surface area contributed by atoms with Gasteiger partial charge in [-0.05, 0) is 56.0 Å². The van der Waals surface area contributed by atoms with Crippen LogP contribution in [0.2, 0.25) is 0 Å². The first-order chi connectivity index (χ1) is 11.1. The highest BCUT2D eigenvalue weighted by Crippen LogP contribution is 2.33. The van der Waals surface area contributed by atoms with Crippen LogP contribution < -0.4 is 15.6 Å². The third-order valence-corrected chi connectivity index (χ3v) is 4.29. The van der Waals surface area contributed by atoms with Crippen LogP contribution in [0.4, 0.5) is 0 Å². The summed E-state index contributed by atoms with van der Waals surface area (Å²) in [4.78, 5) is 14.5. The number of rotatable bonds is 8. The number of H-pyrrole nitrogens is 1. The lowest BCUT2D eigenvalue weighted by atomic mass is 9.91. The maximum atomic E-state index is 11.8. The lowest BCUT2D eigenvalue weighted by molar-refractivity contribution is 0.374. The van der Waals surface area contributed by atoms with Crippen molar-refractivity contribution >= 4 is 10.9 Å². The molecule has 0 aliphatic heterocycles. The van der Waals surface area contributed by atoms with Gasteiger partial charge in [0.1, 0.15) is 0 Å². The number of pyridine rings is 1. The molecule has 0 aliphatic rings. The van der Waals surface area contributed by atoms with Gasteiger partial charge in [0.2, 0.25) is 5.75 Å². The van der Waals surface area contributed by atoms with E-state index in [0.29, 0.717) is 11.4 Å². The summed E-state index contributed by atoms with van der Waals surface area (Å²) in [7, 11) is 1.46. The number of fused-ring (bicyclic) bond motifs is 1. The Labute approximate surface area is 136 Å². The molecule has 0 spiro atoms. The number of ether oxygens (including phenoxy) is 1. The van der Waals surface area contributed by atoms with Gasteiger partial charge in [0, 0.05) is 5.39 Å². The number of hydrogen-bond donors (Lipinski definition) is 3. The van der Waals surface area contributed by atoms with Gasteiger partial charge in [-0.3, -0.25) is 4.79 Å². The molecule has 0 saturated carbocycles. The highest BCUT2D eigenvalue weighted by Gasteiger charge is 2.15. The first-order valence-corrected chi connectivity index (χ1v) is 8.25. The van der Waals surface area contributed by atoms with Crippen molar-refractivity contribution in [2.45, 2.75) is 39.0 Å². The van der Waals surface area contributed by atoms with Crippen molar-refractivity contribution in [1.82, 2.24) is 10.3 Å². The predicted octanol–water partition coefficient (Wildman–Crippen LogP) is 3.13. The average Bonchev–Trinajstić information content (AvgIpc) is 2.56. The summed E-state index contributed by atoms with van der Waals surface area (Å²) in [5.74, 6) is 0.322. The molecule has 5 nitrogen and oxygen atoms in total. The van der Waals surface area contributed by atoms with Gasteiger partial charge < -0.3 is 20.1 Å². The van der Waals surface area contributed by atoms with Gasteiger partial charge in [0.25, 0.3) is 5.56 Å². The molecule has 1 aromatic carbocycles. The summed E-state index contributed by atoms with van der Waals surface area (Å²) in [6.45, 7) is 6.32. The molecule has 1 heterocycles. The quantitative estimate of drug-likeness (QED) is 0.654. The van der Waals surface area contributed by atoms with Crippen LogP contribution in [0.25, 0.3) is 10.9 Å². The van der Waals surface area contributed by atoms with Crippen molar-refractivity contribution in [3.05, 3.63) is 34.1 Å². The van der Waals surface area contributed by atoms with Crippen molar-refractivity contribution in [3.8, 4) is 11.5 Å². The maximum Gasteiger partial charge on any atom is 0.294 e. The standard InChI is InChI=1S/C18H26N2O3/c1-4-12(7-6-10-19-5-2)13-8-9-14-15(11-13)20-18(22)16(21)17(14)23-3/h8-9,11-12,19,21H,4-7,10H2,1-3H3,(H,20,22). The molecule has 2 aromatic rings. The zero-order valence-corrected chi connectivity index (χ0v) is 14.1. The molecular formula is C18H26N2O3. The van der Waals surface area contributed by atoms with E-state index < -0.39 is 5.56 Å². The highest BCUT2D eigenvalue weighted by molar-refractivity contribution is 5.87. The molecule has 0 amide bonds. The van der Waals surface area contributed by atoms with Crippen LogP contribution in [0.5, 0.6) is 11.5 Å². The topological polar surface area (TPSA) is 74.3 Å². The molecule has 0 aliphatic carbocycles. The average molecular weight is 318 g/mol. The third-order valence-electron chi connectivity index (χ3n) is 4.29. The van der Waals surface area contributed by atoms with E-state index in [0.717, 1.165) is 37.7 Å². The van der Waals surface area contributed by atoms with Gasteiger partial charge in [0.15, 0.2) is 5.75 Å². The summed E-state index contributed by atoms with van der Waals surface area (Å²) in [5, 5.41) is 13.9. The van der Waals surface area contributed by atoms with Crippen molar-refractivity contribution in [2.75, 3.05) is 20.2 Å². The zero-order chi connectivity index (χ0) is 16.8. The van der Waals surface area contributed by atoms with Crippen LogP contribution in [0.3, 0.4) is 0 Å². The summed E-state index contributed by atoms with van der Waals surface area (Å²) < 4.78 is 5.18. The van der Waals surface area contributed by atoms with E-state index in [1.54, 1.807) is 0 Å². The molecule has 0 bridgehead atoms. The predicted molar refractivity (Wildman–Crippen MR) is 93.6 cm³/mol. The summed E-state index contributed by atoms with van der Waals surface area (Å²) in [6.07, 6.45) is 3.28. The number of aromatic hydroxyl groups is 1. The van der Waals surface area contributed by atoms with Gasteiger partial charge in [-0.1, -0.05) is 19.9 Å². The van der Waals surface area contributed by atoms with Crippen molar-refractivity contribution in [2.24, 2.45) is 0 Å². The van der Waals surface area contributed by atoms with Crippen molar-refractivity contribution < 1.29 is 9.84 Å². The smallest absolute Gasteiger partial charge is 0.294 e. The Balaban J connectivity index is 2.31. The second kappa shape index (κ2) is 8.02. The lowest BCUT2D eigenvalue weighted by Crippen LogP contribution is -2.14. The van der Waals surface area contributed by atoms with E-state index in [1.807, 2.05) is 12.1 Å². The van der Waals surface area contributed by atoms with Crippen LogP contribution in [0, 0.1) is 0 Å². The number of aromatic amines is 1. The monoisotopic (exact) mass is 318 g/mol. The van der Waals surface area contributed by atoms with Gasteiger partial charge in [0.05, 0.1) is 12.6 Å². The molecular weight excluding hydrogens is 292 g/mol. The molecule has 0 radical (unpaired) electrons. The van der Waals surface area contributed by atoms with E-state index in [9.17, 15) is 9.90 Å². The summed E-state index contributed by atoms with van der Waals surface area (Å²) in [5.41, 5.74) is 1.39. The lowest BCUT2D eigenvalue weighted by Gasteiger charge is -2.17.